The molecule has 0 atom stereocenters. The topological polar surface area (TPSA) is 81.7 Å². The lowest BCUT2D eigenvalue weighted by Gasteiger charge is -2.18. The summed E-state index contributed by atoms with van der Waals surface area (Å²) < 4.78 is 36.6. The summed E-state index contributed by atoms with van der Waals surface area (Å²) in [6.45, 7) is 2.11. The van der Waals surface area contributed by atoms with Crippen LogP contribution in [0.5, 0.6) is 11.5 Å². The van der Waals surface area contributed by atoms with Crippen LogP contribution < -0.4 is 14.2 Å². The van der Waals surface area contributed by atoms with Gasteiger partial charge < -0.3 is 14.2 Å². The summed E-state index contributed by atoms with van der Waals surface area (Å²) in [4.78, 5) is 11.4. The van der Waals surface area contributed by atoms with Gasteiger partial charge >= 0.3 is 10.1 Å². The second kappa shape index (κ2) is 7.05. The van der Waals surface area contributed by atoms with E-state index in [1.807, 2.05) is 0 Å². The van der Waals surface area contributed by atoms with Crippen LogP contribution in [0.15, 0.2) is 45.8 Å². The predicted molar refractivity (Wildman–Crippen MR) is 96.5 cm³/mol. The maximum atomic E-state index is 12.7. The molecule has 0 bridgehead atoms. The van der Waals surface area contributed by atoms with E-state index in [0.29, 0.717) is 29.6 Å². The minimum atomic E-state index is -4.07. The Morgan fingerprint density at radius 1 is 1.16 bits per heavy atom. The smallest absolute Gasteiger partial charge is 0.342 e. The van der Waals surface area contributed by atoms with E-state index in [-0.39, 0.29) is 22.3 Å². The molecule has 0 unspecified atom stereocenters. The lowest BCUT2D eigenvalue weighted by atomic mass is 10.0. The van der Waals surface area contributed by atoms with Crippen molar-refractivity contribution in [3.63, 3.8) is 0 Å². The van der Waals surface area contributed by atoms with Crippen molar-refractivity contribution in [3.05, 3.63) is 46.4 Å². The fourth-order valence-corrected chi connectivity index (χ4v) is 4.14. The van der Waals surface area contributed by atoms with Gasteiger partial charge in [-0.05, 0) is 55.3 Å². The monoisotopic (exact) mass is 425 g/mol. The van der Waals surface area contributed by atoms with E-state index in [0.717, 1.165) is 5.56 Å². The lowest BCUT2D eigenvalue weighted by molar-refractivity contribution is -0.116. The zero-order chi connectivity index (χ0) is 18.0. The Hall–Kier alpha value is -2.06. The van der Waals surface area contributed by atoms with Crippen LogP contribution in [0, 0.1) is 0 Å². The van der Waals surface area contributed by atoms with Gasteiger partial charge in [0, 0.05) is 16.6 Å². The van der Waals surface area contributed by atoms with Gasteiger partial charge in [-0.2, -0.15) is 8.42 Å². The van der Waals surface area contributed by atoms with Gasteiger partial charge in [0.25, 0.3) is 0 Å². The number of anilines is 1. The predicted octanol–water partition coefficient (Wildman–Crippen LogP) is 3.50. The highest BCUT2D eigenvalue weighted by Gasteiger charge is 2.24. The molecule has 8 heteroatoms. The molecule has 1 aliphatic rings. The zero-order valence-electron chi connectivity index (χ0n) is 13.4. The highest BCUT2D eigenvalue weighted by atomic mass is 79.9. The third-order valence-corrected chi connectivity index (χ3v) is 5.42. The number of nitrogens with one attached hydrogen (secondary N) is 1. The molecular weight excluding hydrogens is 410 g/mol. The van der Waals surface area contributed by atoms with E-state index in [4.69, 9.17) is 8.92 Å². The average Bonchev–Trinajstić information content (AvgIpc) is 2.56. The molecule has 132 valence electrons. The van der Waals surface area contributed by atoms with Gasteiger partial charge in [-0.3, -0.25) is 4.79 Å². The number of rotatable bonds is 5. The van der Waals surface area contributed by atoms with Crippen LogP contribution in [-0.2, 0) is 21.3 Å². The molecule has 6 nitrogen and oxygen atoms in total. The number of carbonyl (C=O) groups is 1. The molecule has 0 radical (unpaired) electrons. The molecule has 3 rings (SSSR count). The number of benzene rings is 2. The molecule has 25 heavy (non-hydrogen) atoms. The highest BCUT2D eigenvalue weighted by molar-refractivity contribution is 9.10. The molecule has 1 aliphatic heterocycles. The highest BCUT2D eigenvalue weighted by Crippen LogP contribution is 2.32. The fourth-order valence-electron chi connectivity index (χ4n) is 2.54. The molecular formula is C17H16BrNO5S. The second-order valence-corrected chi connectivity index (χ2v) is 7.86. The van der Waals surface area contributed by atoms with Gasteiger partial charge in [-0.1, -0.05) is 15.9 Å². The lowest BCUT2D eigenvalue weighted by Crippen LogP contribution is -2.19. The van der Waals surface area contributed by atoms with Crippen molar-refractivity contribution in [3.8, 4) is 11.5 Å². The largest absolute Gasteiger partial charge is 0.492 e. The van der Waals surface area contributed by atoms with Crippen molar-refractivity contribution in [1.29, 1.82) is 0 Å². The third-order valence-electron chi connectivity index (χ3n) is 3.65. The maximum absolute atomic E-state index is 12.7. The molecule has 2 aromatic rings. The van der Waals surface area contributed by atoms with Gasteiger partial charge in [0.1, 0.15) is 16.4 Å². The van der Waals surface area contributed by atoms with Crippen molar-refractivity contribution in [2.75, 3.05) is 11.9 Å². The molecule has 0 spiro atoms. The summed E-state index contributed by atoms with van der Waals surface area (Å²) in [7, 11) is -4.07. The number of amides is 1. The molecule has 0 fully saturated rings. The molecule has 1 N–H and O–H groups in total. The second-order valence-electron chi connectivity index (χ2n) is 5.43. The summed E-state index contributed by atoms with van der Waals surface area (Å²) in [6, 6.07) is 9.50. The fraction of sp³-hybridized carbons (Fsp3) is 0.235. The van der Waals surface area contributed by atoms with Gasteiger partial charge in [-0.25, -0.2) is 0 Å². The van der Waals surface area contributed by atoms with Crippen LogP contribution in [0.3, 0.4) is 0 Å². The van der Waals surface area contributed by atoms with Crippen LogP contribution in [0.4, 0.5) is 5.69 Å². The van der Waals surface area contributed by atoms with Crippen molar-refractivity contribution >= 4 is 37.6 Å². The first-order valence-electron chi connectivity index (χ1n) is 7.68. The van der Waals surface area contributed by atoms with E-state index in [9.17, 15) is 13.2 Å². The van der Waals surface area contributed by atoms with E-state index in [1.165, 1.54) is 12.1 Å². The Labute approximate surface area is 154 Å². The number of aryl methyl sites for hydroxylation is 1. The molecule has 1 heterocycles. The Morgan fingerprint density at radius 3 is 2.72 bits per heavy atom. The molecule has 2 aromatic carbocycles. The first-order chi connectivity index (χ1) is 11.9. The minimum Gasteiger partial charge on any atom is -0.492 e. The van der Waals surface area contributed by atoms with Gasteiger partial charge in [0.15, 0.2) is 0 Å². The Bertz CT molecular complexity index is 927. The van der Waals surface area contributed by atoms with Gasteiger partial charge in [0.05, 0.1) is 6.61 Å². The summed E-state index contributed by atoms with van der Waals surface area (Å²) in [5, 5.41) is 2.74. The molecule has 1 amide bonds. The first kappa shape index (κ1) is 17.8. The molecule has 0 saturated carbocycles. The normalized spacial score (nSPS) is 13.8. The van der Waals surface area contributed by atoms with E-state index in [1.54, 1.807) is 31.2 Å². The molecule has 0 aromatic heterocycles. The summed E-state index contributed by atoms with van der Waals surface area (Å²) in [6.07, 6.45) is 0.906. The molecule has 0 saturated heterocycles. The number of halogens is 1. The zero-order valence-corrected chi connectivity index (χ0v) is 15.8. The van der Waals surface area contributed by atoms with Crippen LogP contribution >= 0.6 is 15.9 Å². The number of fused-ring (bicyclic) bond motifs is 1. The quantitative estimate of drug-likeness (QED) is 0.741. The number of hydrogen-bond donors (Lipinski definition) is 1. The molecule has 0 aliphatic carbocycles. The van der Waals surface area contributed by atoms with Crippen LogP contribution in [0.25, 0.3) is 0 Å². The Balaban J connectivity index is 1.92. The van der Waals surface area contributed by atoms with Crippen molar-refractivity contribution in [2.24, 2.45) is 0 Å². The van der Waals surface area contributed by atoms with Crippen LogP contribution in [-0.4, -0.2) is 20.9 Å². The van der Waals surface area contributed by atoms with E-state index >= 15 is 0 Å². The number of ether oxygens (including phenoxy) is 1. The van der Waals surface area contributed by atoms with Crippen molar-refractivity contribution in [1.82, 2.24) is 0 Å². The van der Waals surface area contributed by atoms with Gasteiger partial charge in [-0.15, -0.1) is 0 Å². The summed E-state index contributed by atoms with van der Waals surface area (Å²) in [5.41, 5.74) is 1.52. The Morgan fingerprint density at radius 2 is 1.96 bits per heavy atom. The number of hydrogen-bond acceptors (Lipinski definition) is 5. The first-order valence-corrected chi connectivity index (χ1v) is 9.89. The van der Waals surface area contributed by atoms with Crippen molar-refractivity contribution in [2.45, 2.75) is 24.7 Å². The van der Waals surface area contributed by atoms with Gasteiger partial charge in [0.2, 0.25) is 5.91 Å². The maximum Gasteiger partial charge on any atom is 0.342 e. The van der Waals surface area contributed by atoms with Crippen molar-refractivity contribution < 1.29 is 22.1 Å². The standard InChI is InChI=1S/C17H16BrNO5S/c1-2-23-15-7-4-12(18)10-16(15)25(21,22)24-13-5-6-14-11(9-13)3-8-17(20)19-14/h4-7,9-10H,2-3,8H2,1H3,(H,19,20). The minimum absolute atomic E-state index is 0.0465. The average molecular weight is 426 g/mol. The summed E-state index contributed by atoms with van der Waals surface area (Å²) in [5.74, 6) is 0.373. The Kier molecular flexibility index (Phi) is 5.01. The van der Waals surface area contributed by atoms with E-state index in [2.05, 4.69) is 21.2 Å². The van der Waals surface area contributed by atoms with Crippen LogP contribution in [0.2, 0.25) is 0 Å². The van der Waals surface area contributed by atoms with E-state index < -0.39 is 10.1 Å². The SMILES string of the molecule is CCOc1ccc(Br)cc1S(=O)(=O)Oc1ccc2c(c1)CCC(=O)N2. The summed E-state index contributed by atoms with van der Waals surface area (Å²) >= 11 is 3.26. The number of carbonyl (C=O) groups excluding carboxylic acids is 1. The van der Waals surface area contributed by atoms with Crippen LogP contribution in [0.1, 0.15) is 18.9 Å². The third kappa shape index (κ3) is 3.96.